The van der Waals surface area contributed by atoms with E-state index in [0.717, 1.165) is 0 Å². The summed E-state index contributed by atoms with van der Waals surface area (Å²) in [5, 5.41) is 2.16. The fourth-order valence-electron chi connectivity index (χ4n) is 1.38. The van der Waals surface area contributed by atoms with Gasteiger partial charge in [-0.3, -0.25) is 0 Å². The van der Waals surface area contributed by atoms with Crippen molar-refractivity contribution in [2.45, 2.75) is 31.7 Å². The minimum atomic E-state index is -4.37. The number of hydrogen-bond donors (Lipinski definition) is 1. The first kappa shape index (κ1) is 14.4. The van der Waals surface area contributed by atoms with Crippen LogP contribution in [0, 0.1) is 0 Å². The molecule has 0 saturated carbocycles. The van der Waals surface area contributed by atoms with Gasteiger partial charge in [-0.2, -0.15) is 13.2 Å². The highest BCUT2D eigenvalue weighted by molar-refractivity contribution is 7.11. The fourth-order valence-corrected chi connectivity index (χ4v) is 2.29. The van der Waals surface area contributed by atoms with E-state index in [0.29, 0.717) is 22.6 Å². The Morgan fingerprint density at radius 1 is 1.53 bits per heavy atom. The molecule has 3 nitrogen and oxygen atoms in total. The molecule has 0 aromatic carbocycles. The zero-order chi connectivity index (χ0) is 13.1. The van der Waals surface area contributed by atoms with Crippen LogP contribution >= 0.6 is 11.3 Å². The molecule has 0 aliphatic rings. The van der Waals surface area contributed by atoms with E-state index in [1.807, 2.05) is 6.92 Å². The van der Waals surface area contributed by atoms with Crippen molar-refractivity contribution >= 4 is 11.3 Å². The summed E-state index contributed by atoms with van der Waals surface area (Å²) in [5.41, 5.74) is 0. The van der Waals surface area contributed by atoms with Gasteiger partial charge in [-0.1, -0.05) is 0 Å². The number of rotatable bonds is 5. The first-order chi connectivity index (χ1) is 7.88. The van der Waals surface area contributed by atoms with Crippen LogP contribution in [-0.4, -0.2) is 25.2 Å². The Labute approximate surface area is 102 Å². The van der Waals surface area contributed by atoms with Crippen molar-refractivity contribution in [1.82, 2.24) is 10.3 Å². The second kappa shape index (κ2) is 5.79. The quantitative estimate of drug-likeness (QED) is 0.891. The van der Waals surface area contributed by atoms with E-state index in [2.05, 4.69) is 10.3 Å². The van der Waals surface area contributed by atoms with Crippen molar-refractivity contribution in [2.24, 2.45) is 0 Å². The fraction of sp³-hybridized carbons (Fsp3) is 0.700. The number of alkyl halides is 3. The van der Waals surface area contributed by atoms with E-state index < -0.39 is 11.2 Å². The highest BCUT2D eigenvalue weighted by Gasteiger charge is 2.35. The van der Waals surface area contributed by atoms with Crippen molar-refractivity contribution < 1.29 is 17.9 Å². The molecule has 0 aliphatic heterocycles. The highest BCUT2D eigenvalue weighted by Crippen LogP contribution is 2.35. The number of hydrogen-bond acceptors (Lipinski definition) is 4. The molecule has 1 N–H and O–H groups in total. The number of nitrogens with zero attached hydrogens (tertiary/aromatic N) is 1. The Hall–Kier alpha value is -0.660. The van der Waals surface area contributed by atoms with Crippen LogP contribution < -0.4 is 5.32 Å². The van der Waals surface area contributed by atoms with E-state index in [9.17, 15) is 13.2 Å². The standard InChI is InChI=1S/C10H15F3N2OS/c1-6(16-3)4-7(14-2)8-5-15-9(17-8)10(11,12)13/h5-7,14H,4H2,1-3H3. The molecule has 98 valence electrons. The normalized spacial score (nSPS) is 15.9. The number of thiazole rings is 1. The molecule has 0 fully saturated rings. The topological polar surface area (TPSA) is 34.1 Å². The van der Waals surface area contributed by atoms with E-state index in [1.165, 1.54) is 6.20 Å². The summed E-state index contributed by atoms with van der Waals surface area (Å²) >= 11 is 0.671. The number of methoxy groups -OCH3 is 1. The zero-order valence-electron chi connectivity index (χ0n) is 9.84. The van der Waals surface area contributed by atoms with Crippen LogP contribution in [-0.2, 0) is 10.9 Å². The molecule has 0 aliphatic carbocycles. The average molecular weight is 268 g/mol. The van der Waals surface area contributed by atoms with Gasteiger partial charge in [0.1, 0.15) is 0 Å². The molecular formula is C10H15F3N2OS. The number of halogens is 3. The molecule has 1 aromatic heterocycles. The molecule has 0 spiro atoms. The van der Waals surface area contributed by atoms with Crippen LogP contribution in [0.1, 0.15) is 29.3 Å². The molecule has 2 atom stereocenters. The Kier molecular flexibility index (Phi) is 4.91. The molecule has 0 amide bonds. The summed E-state index contributed by atoms with van der Waals surface area (Å²) in [4.78, 5) is 3.98. The third-order valence-electron chi connectivity index (χ3n) is 2.43. The molecule has 17 heavy (non-hydrogen) atoms. The summed E-state index contributed by atoms with van der Waals surface area (Å²) < 4.78 is 42.3. The van der Waals surface area contributed by atoms with Crippen LogP contribution in [0.3, 0.4) is 0 Å². The van der Waals surface area contributed by atoms with Crippen LogP contribution in [0.15, 0.2) is 6.20 Å². The van der Waals surface area contributed by atoms with Gasteiger partial charge in [0.05, 0.1) is 6.10 Å². The lowest BCUT2D eigenvalue weighted by Crippen LogP contribution is -2.21. The number of ether oxygens (including phenoxy) is 1. The lowest BCUT2D eigenvalue weighted by atomic mass is 10.1. The molecule has 0 bridgehead atoms. The second-order valence-electron chi connectivity index (χ2n) is 3.69. The lowest BCUT2D eigenvalue weighted by molar-refractivity contribution is -0.137. The van der Waals surface area contributed by atoms with Gasteiger partial charge in [0.15, 0.2) is 5.01 Å². The molecule has 7 heteroatoms. The summed E-state index contributed by atoms with van der Waals surface area (Å²) in [6, 6.07) is -0.168. The predicted octanol–water partition coefficient (Wildman–Crippen LogP) is 2.85. The van der Waals surface area contributed by atoms with Crippen molar-refractivity contribution in [1.29, 1.82) is 0 Å². The third-order valence-corrected chi connectivity index (χ3v) is 3.58. The van der Waals surface area contributed by atoms with Crippen LogP contribution in [0.5, 0.6) is 0 Å². The molecule has 2 unspecified atom stereocenters. The van der Waals surface area contributed by atoms with E-state index in [4.69, 9.17) is 4.74 Å². The van der Waals surface area contributed by atoms with Crippen LogP contribution in [0.2, 0.25) is 0 Å². The summed E-state index contributed by atoms with van der Waals surface area (Å²) in [7, 11) is 3.28. The van der Waals surface area contributed by atoms with Crippen molar-refractivity contribution in [3.05, 3.63) is 16.1 Å². The molecule has 1 aromatic rings. The Morgan fingerprint density at radius 3 is 2.59 bits per heavy atom. The summed E-state index contributed by atoms with van der Waals surface area (Å²) in [6.07, 6.45) is -2.51. The Morgan fingerprint density at radius 2 is 2.18 bits per heavy atom. The monoisotopic (exact) mass is 268 g/mol. The molecule has 1 rings (SSSR count). The lowest BCUT2D eigenvalue weighted by Gasteiger charge is -2.17. The van der Waals surface area contributed by atoms with Gasteiger partial charge in [0.25, 0.3) is 0 Å². The molecule has 0 radical (unpaired) electrons. The molecule has 0 saturated heterocycles. The van der Waals surface area contributed by atoms with Gasteiger partial charge >= 0.3 is 6.18 Å². The smallest absolute Gasteiger partial charge is 0.382 e. The van der Waals surface area contributed by atoms with Gasteiger partial charge in [-0.05, 0) is 20.4 Å². The summed E-state index contributed by atoms with van der Waals surface area (Å²) in [5.74, 6) is 0. The maximum Gasteiger partial charge on any atom is 0.443 e. The van der Waals surface area contributed by atoms with Gasteiger partial charge in [0.2, 0.25) is 0 Å². The first-order valence-electron chi connectivity index (χ1n) is 5.11. The number of aromatic nitrogens is 1. The maximum absolute atomic E-state index is 12.4. The Balaban J connectivity index is 2.79. The highest BCUT2D eigenvalue weighted by atomic mass is 32.1. The third kappa shape index (κ3) is 3.93. The Bertz CT molecular complexity index is 354. The SMILES string of the molecule is CNC(CC(C)OC)c1cnc(C(F)(F)F)s1. The minimum Gasteiger partial charge on any atom is -0.382 e. The predicted molar refractivity (Wildman–Crippen MR) is 60.0 cm³/mol. The second-order valence-corrected chi connectivity index (χ2v) is 4.75. The van der Waals surface area contributed by atoms with Crippen molar-refractivity contribution in [2.75, 3.05) is 14.2 Å². The number of nitrogens with one attached hydrogen (secondary N) is 1. The van der Waals surface area contributed by atoms with E-state index in [1.54, 1.807) is 14.2 Å². The van der Waals surface area contributed by atoms with Gasteiger partial charge in [-0.15, -0.1) is 11.3 Å². The van der Waals surface area contributed by atoms with Crippen molar-refractivity contribution in [3.8, 4) is 0 Å². The molecular weight excluding hydrogens is 253 g/mol. The van der Waals surface area contributed by atoms with Crippen molar-refractivity contribution in [3.63, 3.8) is 0 Å². The van der Waals surface area contributed by atoms with Gasteiger partial charge in [0, 0.05) is 24.2 Å². The maximum atomic E-state index is 12.4. The van der Waals surface area contributed by atoms with E-state index >= 15 is 0 Å². The van der Waals surface area contributed by atoms with Gasteiger partial charge in [-0.25, -0.2) is 4.98 Å². The minimum absolute atomic E-state index is 0.0242. The average Bonchev–Trinajstić information content (AvgIpc) is 2.74. The van der Waals surface area contributed by atoms with Crippen LogP contribution in [0.25, 0.3) is 0 Å². The molecule has 1 heterocycles. The van der Waals surface area contributed by atoms with Crippen LogP contribution in [0.4, 0.5) is 13.2 Å². The van der Waals surface area contributed by atoms with E-state index in [-0.39, 0.29) is 12.1 Å². The first-order valence-corrected chi connectivity index (χ1v) is 5.93. The van der Waals surface area contributed by atoms with Gasteiger partial charge < -0.3 is 10.1 Å². The summed E-state index contributed by atoms with van der Waals surface area (Å²) in [6.45, 7) is 1.87. The largest absolute Gasteiger partial charge is 0.443 e. The zero-order valence-corrected chi connectivity index (χ0v) is 10.7.